The Morgan fingerprint density at radius 1 is 0.309 bits per heavy atom. The van der Waals surface area contributed by atoms with Crippen molar-refractivity contribution in [1.82, 2.24) is 9.97 Å². The van der Waals surface area contributed by atoms with Gasteiger partial charge < -0.3 is 4.42 Å². The summed E-state index contributed by atoms with van der Waals surface area (Å²) in [5.41, 5.74) is 16.6. The van der Waals surface area contributed by atoms with E-state index in [0.29, 0.717) is 11.4 Å². The van der Waals surface area contributed by atoms with Gasteiger partial charge in [-0.15, -0.1) is 0 Å². The summed E-state index contributed by atoms with van der Waals surface area (Å²) in [5.74, 6) is 0.654. The molecule has 0 saturated carbocycles. The number of furan rings is 1. The van der Waals surface area contributed by atoms with Gasteiger partial charge in [0.25, 0.3) is 0 Å². The van der Waals surface area contributed by atoms with Crippen molar-refractivity contribution >= 4 is 22.1 Å². The molecule has 3 heteroatoms. The zero-order valence-corrected chi connectivity index (χ0v) is 29.9. The summed E-state index contributed by atoms with van der Waals surface area (Å²) < 4.78 is 6.47. The number of fused-ring (bicyclic) bond motifs is 3. The Balaban J connectivity index is 1.07. The molecule has 0 radical (unpaired) electrons. The van der Waals surface area contributed by atoms with E-state index >= 15 is 0 Å². The lowest BCUT2D eigenvalue weighted by Gasteiger charge is -2.14. The zero-order chi connectivity index (χ0) is 36.6. The molecule has 0 fully saturated rings. The molecule has 10 aromatic rings. The predicted molar refractivity (Wildman–Crippen MR) is 227 cm³/mol. The lowest BCUT2D eigenvalue weighted by molar-refractivity contribution is 0.667. The van der Waals surface area contributed by atoms with Crippen molar-refractivity contribution in [3.8, 4) is 78.3 Å². The fourth-order valence-electron chi connectivity index (χ4n) is 7.56. The minimum absolute atomic E-state index is 0.654. The maximum atomic E-state index is 6.47. The van der Waals surface area contributed by atoms with Gasteiger partial charge >= 0.3 is 0 Å². The lowest BCUT2D eigenvalue weighted by atomic mass is 9.90. The van der Waals surface area contributed by atoms with Crippen LogP contribution in [0.15, 0.2) is 211 Å². The molecule has 0 spiro atoms. The highest BCUT2D eigenvalue weighted by Crippen LogP contribution is 2.39. The second-order valence-corrected chi connectivity index (χ2v) is 13.8. The fraction of sp³-hybridized carbons (Fsp3) is 0. The Morgan fingerprint density at radius 3 is 1.45 bits per heavy atom. The molecule has 0 aliphatic rings. The van der Waals surface area contributed by atoms with Crippen LogP contribution in [0.1, 0.15) is 0 Å². The maximum absolute atomic E-state index is 6.47. The highest BCUT2D eigenvalue weighted by Gasteiger charge is 2.19. The third kappa shape index (κ3) is 6.18. The monoisotopic (exact) mass is 702 g/mol. The van der Waals surface area contributed by atoms with Crippen LogP contribution >= 0.6 is 0 Å². The van der Waals surface area contributed by atoms with Crippen molar-refractivity contribution in [2.45, 2.75) is 0 Å². The van der Waals surface area contributed by atoms with E-state index in [9.17, 15) is 0 Å². The van der Waals surface area contributed by atoms with Gasteiger partial charge in [-0.05, 0) is 92.0 Å². The normalized spacial score (nSPS) is 11.3. The number of para-hydroxylation sites is 1. The van der Waals surface area contributed by atoms with E-state index in [2.05, 4.69) is 182 Å². The number of aromatic nitrogens is 2. The van der Waals surface area contributed by atoms with Crippen molar-refractivity contribution in [2.75, 3.05) is 0 Å². The standard InChI is InChI=1S/C52H34N2O/c1-4-15-35(16-5-1)38-21-13-25-43(32-38)49-51-50(46-27-10-11-28-48(46)55-51)54-52(53-49)44-26-14-24-41(33-44)39-22-12-23-40(31-39)42-29-30-45(36-17-6-2-7-18-36)47(34-42)37-19-8-3-9-20-37/h1-34H. The van der Waals surface area contributed by atoms with Gasteiger partial charge in [0, 0.05) is 16.5 Å². The van der Waals surface area contributed by atoms with Gasteiger partial charge in [-0.1, -0.05) is 170 Å². The van der Waals surface area contributed by atoms with Crippen LogP contribution in [0.3, 0.4) is 0 Å². The maximum Gasteiger partial charge on any atom is 0.180 e. The first-order valence-corrected chi connectivity index (χ1v) is 18.6. The molecule has 0 unspecified atom stereocenters. The number of hydrogen-bond donors (Lipinski definition) is 0. The molecule has 258 valence electrons. The molecule has 10 rings (SSSR count). The van der Waals surface area contributed by atoms with E-state index in [1.807, 2.05) is 24.3 Å². The van der Waals surface area contributed by atoms with Crippen molar-refractivity contribution in [3.63, 3.8) is 0 Å². The molecular weight excluding hydrogens is 669 g/mol. The molecule has 3 nitrogen and oxygen atoms in total. The van der Waals surface area contributed by atoms with E-state index in [4.69, 9.17) is 14.4 Å². The predicted octanol–water partition coefficient (Wildman–Crippen LogP) is 14.0. The van der Waals surface area contributed by atoms with Crippen LogP contribution in [0.2, 0.25) is 0 Å². The van der Waals surface area contributed by atoms with E-state index in [0.717, 1.165) is 61.1 Å². The largest absolute Gasteiger partial charge is 0.452 e. The third-order valence-corrected chi connectivity index (χ3v) is 10.3. The second kappa shape index (κ2) is 13.9. The number of hydrogen-bond acceptors (Lipinski definition) is 3. The van der Waals surface area contributed by atoms with Gasteiger partial charge in [0.15, 0.2) is 11.4 Å². The van der Waals surface area contributed by atoms with Crippen LogP contribution in [0.25, 0.3) is 100 Å². The summed E-state index contributed by atoms with van der Waals surface area (Å²) >= 11 is 0. The van der Waals surface area contributed by atoms with Crippen molar-refractivity contribution in [3.05, 3.63) is 206 Å². The van der Waals surface area contributed by atoms with Crippen LogP contribution in [-0.2, 0) is 0 Å². The first-order valence-electron chi connectivity index (χ1n) is 18.6. The Bertz CT molecular complexity index is 2970. The van der Waals surface area contributed by atoms with Gasteiger partial charge in [0.05, 0.1) is 0 Å². The van der Waals surface area contributed by atoms with Gasteiger partial charge in [-0.25, -0.2) is 9.97 Å². The number of benzene rings is 8. The Labute approximate surface area is 319 Å². The SMILES string of the molecule is c1ccc(-c2cccc(-c3nc(-c4cccc(-c5cccc(-c6ccc(-c7ccccc7)c(-c7ccccc7)c6)c5)c4)nc4c3oc3ccccc34)c2)cc1. The van der Waals surface area contributed by atoms with Gasteiger partial charge in [-0.2, -0.15) is 0 Å². The molecule has 2 aromatic heterocycles. The summed E-state index contributed by atoms with van der Waals surface area (Å²) in [7, 11) is 0. The quantitative estimate of drug-likeness (QED) is 0.166. The van der Waals surface area contributed by atoms with E-state index in [1.165, 1.54) is 27.8 Å². The first-order chi connectivity index (χ1) is 27.2. The molecule has 0 amide bonds. The van der Waals surface area contributed by atoms with Crippen molar-refractivity contribution in [2.24, 2.45) is 0 Å². The smallest absolute Gasteiger partial charge is 0.180 e. The molecule has 0 N–H and O–H groups in total. The average Bonchev–Trinajstić information content (AvgIpc) is 3.66. The van der Waals surface area contributed by atoms with Crippen LogP contribution < -0.4 is 0 Å². The third-order valence-electron chi connectivity index (χ3n) is 10.3. The number of nitrogens with zero attached hydrogens (tertiary/aromatic N) is 2. The highest BCUT2D eigenvalue weighted by molar-refractivity contribution is 6.07. The molecule has 0 aliphatic carbocycles. The van der Waals surface area contributed by atoms with Gasteiger partial charge in [-0.3, -0.25) is 0 Å². The minimum atomic E-state index is 0.654. The molecule has 55 heavy (non-hydrogen) atoms. The summed E-state index contributed by atoms with van der Waals surface area (Å²) in [5, 5.41) is 0.971. The Kier molecular flexibility index (Phi) is 8.16. The fourth-order valence-corrected chi connectivity index (χ4v) is 7.56. The van der Waals surface area contributed by atoms with Crippen molar-refractivity contribution in [1.29, 1.82) is 0 Å². The Morgan fingerprint density at radius 2 is 0.782 bits per heavy atom. The van der Waals surface area contributed by atoms with Gasteiger partial charge in [0.2, 0.25) is 0 Å². The van der Waals surface area contributed by atoms with Crippen molar-refractivity contribution < 1.29 is 4.42 Å². The van der Waals surface area contributed by atoms with E-state index in [-0.39, 0.29) is 0 Å². The minimum Gasteiger partial charge on any atom is -0.452 e. The van der Waals surface area contributed by atoms with Crippen LogP contribution in [0.5, 0.6) is 0 Å². The summed E-state index contributed by atoms with van der Waals surface area (Å²) in [6.07, 6.45) is 0. The van der Waals surface area contributed by atoms with Crippen LogP contribution in [-0.4, -0.2) is 9.97 Å². The average molecular weight is 703 g/mol. The summed E-state index contributed by atoms with van der Waals surface area (Å²) in [4.78, 5) is 10.4. The molecule has 0 saturated heterocycles. The number of rotatable bonds is 7. The molecule has 0 aliphatic heterocycles. The zero-order valence-electron chi connectivity index (χ0n) is 29.9. The van der Waals surface area contributed by atoms with Crippen LogP contribution in [0.4, 0.5) is 0 Å². The van der Waals surface area contributed by atoms with Crippen LogP contribution in [0, 0.1) is 0 Å². The highest BCUT2D eigenvalue weighted by atomic mass is 16.3. The molecule has 0 atom stereocenters. The van der Waals surface area contributed by atoms with E-state index in [1.54, 1.807) is 0 Å². The summed E-state index contributed by atoms with van der Waals surface area (Å²) in [6.45, 7) is 0. The second-order valence-electron chi connectivity index (χ2n) is 13.8. The van der Waals surface area contributed by atoms with Gasteiger partial charge in [0.1, 0.15) is 16.8 Å². The van der Waals surface area contributed by atoms with E-state index < -0.39 is 0 Å². The topological polar surface area (TPSA) is 38.9 Å². The molecule has 2 heterocycles. The molecule has 0 bridgehead atoms. The molecular formula is C52H34N2O. The first kappa shape index (κ1) is 32.3. The summed E-state index contributed by atoms with van der Waals surface area (Å²) in [6, 6.07) is 72.4. The lowest BCUT2D eigenvalue weighted by Crippen LogP contribution is -1.94. The molecule has 8 aromatic carbocycles. The Hall–Kier alpha value is -7.36.